The predicted molar refractivity (Wildman–Crippen MR) is 143 cm³/mol. The minimum absolute atomic E-state index is 0.00468. The first-order valence-corrected chi connectivity index (χ1v) is 14.5. The molecule has 2 aliphatic heterocycles. The fourth-order valence-electron chi connectivity index (χ4n) is 6.80. The Bertz CT molecular complexity index is 1060. The maximum Gasteiger partial charge on any atom is 0.271 e. The normalized spacial score (nSPS) is 32.1. The van der Waals surface area contributed by atoms with E-state index in [2.05, 4.69) is 47.0 Å². The van der Waals surface area contributed by atoms with Gasteiger partial charge in [-0.1, -0.05) is 20.8 Å². The summed E-state index contributed by atoms with van der Waals surface area (Å²) in [4.78, 5) is 32.1. The van der Waals surface area contributed by atoms with E-state index in [9.17, 15) is 9.59 Å². The molecule has 2 fully saturated rings. The molecule has 0 unspecified atom stereocenters. The van der Waals surface area contributed by atoms with Crippen molar-refractivity contribution in [1.29, 1.82) is 0 Å². The summed E-state index contributed by atoms with van der Waals surface area (Å²) in [6.07, 6.45) is 6.58. The lowest BCUT2D eigenvalue weighted by atomic mass is 9.86. The molecule has 1 aliphatic carbocycles. The highest BCUT2D eigenvalue weighted by Gasteiger charge is 2.48. The first-order valence-electron chi connectivity index (χ1n) is 13.7. The zero-order valence-corrected chi connectivity index (χ0v) is 22.7. The van der Waals surface area contributed by atoms with Crippen molar-refractivity contribution >= 4 is 33.4 Å². The second kappa shape index (κ2) is 9.89. The van der Waals surface area contributed by atoms with Crippen molar-refractivity contribution in [1.82, 2.24) is 19.7 Å². The van der Waals surface area contributed by atoms with Crippen LogP contribution in [0.4, 0.5) is 0 Å². The average Bonchev–Trinajstić information content (AvgIpc) is 3.39. The lowest BCUT2D eigenvalue weighted by Gasteiger charge is -2.45. The molecule has 2 aromatic heterocycles. The Labute approximate surface area is 214 Å². The van der Waals surface area contributed by atoms with Crippen LogP contribution in [0.5, 0.6) is 0 Å². The molecular formula is C28H42N4O2S. The number of nitrogens with zero attached hydrogens (tertiary/aromatic N) is 3. The monoisotopic (exact) mass is 498 g/mol. The third-order valence-corrected chi connectivity index (χ3v) is 9.54. The van der Waals surface area contributed by atoms with Crippen LogP contribution in [0.15, 0.2) is 17.5 Å². The van der Waals surface area contributed by atoms with Crippen LogP contribution >= 0.6 is 11.3 Å². The molecule has 7 heteroatoms. The largest absolute Gasteiger partial charge is 0.351 e. The predicted octanol–water partition coefficient (Wildman–Crippen LogP) is 4.98. The van der Waals surface area contributed by atoms with E-state index >= 15 is 0 Å². The first-order chi connectivity index (χ1) is 16.7. The lowest BCUT2D eigenvalue weighted by Crippen LogP contribution is -2.65. The van der Waals surface area contributed by atoms with E-state index in [1.54, 1.807) is 11.3 Å². The van der Waals surface area contributed by atoms with Crippen LogP contribution in [0.3, 0.4) is 0 Å². The number of amides is 2. The molecule has 0 radical (unpaired) electrons. The van der Waals surface area contributed by atoms with E-state index in [-0.39, 0.29) is 17.9 Å². The fraction of sp³-hybridized carbons (Fsp3) is 0.714. The van der Waals surface area contributed by atoms with Crippen molar-refractivity contribution in [2.45, 2.75) is 84.3 Å². The molecule has 2 amide bonds. The zero-order chi connectivity index (χ0) is 24.7. The minimum Gasteiger partial charge on any atom is -0.351 e. The van der Waals surface area contributed by atoms with E-state index in [4.69, 9.17) is 0 Å². The van der Waals surface area contributed by atoms with E-state index in [1.807, 2.05) is 17.9 Å². The molecule has 192 valence electrons. The van der Waals surface area contributed by atoms with Gasteiger partial charge in [0.05, 0.1) is 16.8 Å². The van der Waals surface area contributed by atoms with Gasteiger partial charge < -0.3 is 19.7 Å². The van der Waals surface area contributed by atoms with Crippen LogP contribution in [0.2, 0.25) is 0 Å². The summed E-state index contributed by atoms with van der Waals surface area (Å²) >= 11 is 1.66. The first kappa shape index (κ1) is 24.8. The summed E-state index contributed by atoms with van der Waals surface area (Å²) in [6.45, 7) is 13.3. The molecule has 6 nitrogen and oxygen atoms in total. The molecule has 0 spiro atoms. The third-order valence-electron chi connectivity index (χ3n) is 8.69. The molecule has 0 aromatic carbocycles. The Hall–Kier alpha value is -1.86. The molecule has 3 atom stereocenters. The number of rotatable bonds is 6. The summed E-state index contributed by atoms with van der Waals surface area (Å²) in [5, 5.41) is 5.43. The topological polar surface area (TPSA) is 57.6 Å². The molecule has 1 saturated heterocycles. The quantitative estimate of drug-likeness (QED) is 0.611. The summed E-state index contributed by atoms with van der Waals surface area (Å²) in [7, 11) is 0. The van der Waals surface area contributed by atoms with Crippen molar-refractivity contribution in [2.75, 3.05) is 26.2 Å². The fourth-order valence-corrected chi connectivity index (χ4v) is 7.62. The number of carbonyl (C=O) groups excluding carboxylic acids is 2. The minimum atomic E-state index is -0.885. The van der Waals surface area contributed by atoms with E-state index in [0.717, 1.165) is 85.4 Å². The Morgan fingerprint density at radius 3 is 2.51 bits per heavy atom. The van der Waals surface area contributed by atoms with Gasteiger partial charge in [0, 0.05) is 25.7 Å². The Balaban J connectivity index is 1.35. The third kappa shape index (κ3) is 4.91. The summed E-state index contributed by atoms with van der Waals surface area (Å²) in [5.74, 6) is 2.19. The molecule has 1 N–H and O–H groups in total. The number of carbonyl (C=O) groups is 2. The number of hydrogen-bond donors (Lipinski definition) is 1. The Morgan fingerprint density at radius 2 is 1.80 bits per heavy atom. The van der Waals surface area contributed by atoms with E-state index in [1.165, 1.54) is 6.42 Å². The zero-order valence-electron chi connectivity index (χ0n) is 21.9. The highest BCUT2D eigenvalue weighted by Crippen LogP contribution is 2.35. The molecule has 2 aromatic rings. The molecule has 1 saturated carbocycles. The van der Waals surface area contributed by atoms with Crippen LogP contribution in [0.25, 0.3) is 10.2 Å². The standard InChI is InChI=1S/C28H42N4O2S/c1-19-6-8-22(9-7-19)29-27(34)28(4)18-31-23-10-13-35-25(23)15-24(31)26(33)32(28)12-5-11-30-16-20(2)14-21(3)17-30/h10,13,15,19-22H,5-9,11-12,14,16-18H2,1-4H3,(H,29,34)/t19?,20-,21+,22?,28-/m1/s1. The van der Waals surface area contributed by atoms with Crippen molar-refractivity contribution in [3.05, 3.63) is 23.2 Å². The van der Waals surface area contributed by atoms with Gasteiger partial charge in [0.15, 0.2) is 0 Å². The summed E-state index contributed by atoms with van der Waals surface area (Å²) in [5.41, 5.74) is 0.910. The second-order valence-corrected chi connectivity index (χ2v) is 13.0. The SMILES string of the molecule is CC1CCC(NC(=O)[C@@]2(C)Cn3c(cc4sccc43)C(=O)N2CCCN2C[C@H](C)C[C@H](C)C2)CC1. The molecule has 3 aliphatic rings. The molecule has 4 heterocycles. The van der Waals surface area contributed by atoms with Gasteiger partial charge in [0.1, 0.15) is 11.2 Å². The van der Waals surface area contributed by atoms with Gasteiger partial charge in [-0.3, -0.25) is 9.59 Å². The van der Waals surface area contributed by atoms with Crippen molar-refractivity contribution in [2.24, 2.45) is 17.8 Å². The van der Waals surface area contributed by atoms with Crippen molar-refractivity contribution < 1.29 is 9.59 Å². The van der Waals surface area contributed by atoms with Crippen molar-refractivity contribution in [3.8, 4) is 0 Å². The number of thiophene rings is 1. The van der Waals surface area contributed by atoms with Crippen LogP contribution in [-0.2, 0) is 11.3 Å². The van der Waals surface area contributed by atoms with Crippen LogP contribution in [0.1, 0.15) is 76.7 Å². The Morgan fingerprint density at radius 1 is 1.09 bits per heavy atom. The van der Waals surface area contributed by atoms with Gasteiger partial charge in [0.2, 0.25) is 5.91 Å². The van der Waals surface area contributed by atoms with Gasteiger partial charge in [-0.2, -0.15) is 0 Å². The van der Waals surface area contributed by atoms with E-state index in [0.29, 0.717) is 13.1 Å². The number of likely N-dealkylation sites (tertiary alicyclic amines) is 1. The van der Waals surface area contributed by atoms with Gasteiger partial charge in [-0.25, -0.2) is 0 Å². The van der Waals surface area contributed by atoms with E-state index < -0.39 is 5.54 Å². The van der Waals surface area contributed by atoms with Gasteiger partial charge in [0.25, 0.3) is 5.91 Å². The number of fused-ring (bicyclic) bond motifs is 3. The average molecular weight is 499 g/mol. The highest BCUT2D eigenvalue weighted by atomic mass is 32.1. The van der Waals surface area contributed by atoms with Crippen LogP contribution in [-0.4, -0.2) is 63.9 Å². The van der Waals surface area contributed by atoms with Gasteiger partial charge >= 0.3 is 0 Å². The smallest absolute Gasteiger partial charge is 0.271 e. The van der Waals surface area contributed by atoms with Crippen LogP contribution < -0.4 is 5.32 Å². The highest BCUT2D eigenvalue weighted by molar-refractivity contribution is 7.17. The Kier molecular flexibility index (Phi) is 7.01. The maximum atomic E-state index is 13.9. The van der Waals surface area contributed by atoms with Crippen molar-refractivity contribution in [3.63, 3.8) is 0 Å². The van der Waals surface area contributed by atoms with Crippen LogP contribution in [0, 0.1) is 17.8 Å². The maximum absolute atomic E-state index is 13.9. The lowest BCUT2D eigenvalue weighted by molar-refractivity contribution is -0.133. The van der Waals surface area contributed by atoms with Gasteiger partial charge in [-0.05, 0) is 87.3 Å². The molecular weight excluding hydrogens is 456 g/mol. The molecule has 35 heavy (non-hydrogen) atoms. The van der Waals surface area contributed by atoms with Gasteiger partial charge in [-0.15, -0.1) is 11.3 Å². The summed E-state index contributed by atoms with van der Waals surface area (Å²) < 4.78 is 3.21. The number of piperidine rings is 1. The second-order valence-electron chi connectivity index (χ2n) is 12.0. The number of nitrogens with one attached hydrogen (secondary N) is 1. The molecule has 5 rings (SSSR count). The molecule has 0 bridgehead atoms. The number of hydrogen-bond acceptors (Lipinski definition) is 4. The summed E-state index contributed by atoms with van der Waals surface area (Å²) in [6, 6.07) is 4.31. The number of aromatic nitrogens is 1.